The van der Waals surface area contributed by atoms with Crippen molar-refractivity contribution in [3.05, 3.63) is 122 Å². The highest BCUT2D eigenvalue weighted by Crippen LogP contribution is 2.16. The van der Waals surface area contributed by atoms with E-state index in [9.17, 15) is 14.4 Å². The summed E-state index contributed by atoms with van der Waals surface area (Å²) in [7, 11) is 0. The number of unbranched alkanes of at least 4 members (excludes halogenated alkanes) is 28. The van der Waals surface area contributed by atoms with Crippen LogP contribution in [0.2, 0.25) is 0 Å². The summed E-state index contributed by atoms with van der Waals surface area (Å²) in [6.45, 7) is 6.40. The Hall–Kier alpha value is -4.19. The van der Waals surface area contributed by atoms with Crippen LogP contribution in [-0.4, -0.2) is 37.2 Å². The molecular formula is C73H122O6. The van der Waals surface area contributed by atoms with Crippen LogP contribution in [-0.2, 0) is 28.6 Å². The SMILES string of the molecule is CC/C=C\C/C=C\C/C=C\C/C=C\C/C=C\C/C=C\CCCCC(=O)OC(COC(=O)CCCCCCCCCCCCCC/C=C\C/C=C\C/C=C\C/C=C\CC)COC(=O)CCCCCCCCCCCCCCCCC. The van der Waals surface area contributed by atoms with Gasteiger partial charge in [-0.05, 0) is 109 Å². The molecule has 0 aliphatic heterocycles. The van der Waals surface area contributed by atoms with E-state index < -0.39 is 6.10 Å². The summed E-state index contributed by atoms with van der Waals surface area (Å²) in [5.74, 6) is -0.932. The van der Waals surface area contributed by atoms with Gasteiger partial charge in [0.15, 0.2) is 6.10 Å². The minimum atomic E-state index is -0.805. The van der Waals surface area contributed by atoms with Gasteiger partial charge in [0.2, 0.25) is 0 Å². The Morgan fingerprint density at radius 2 is 0.494 bits per heavy atom. The molecule has 0 aromatic carbocycles. The standard InChI is InChI=1S/C73H122O6/c1-4-7-10-13-16-19-22-25-28-30-32-34-35-36-37-39-40-42-45-48-51-54-57-60-63-66-72(75)78-69-70(68-77-71(74)65-62-59-56-53-50-47-44-27-24-21-18-15-12-9-6-3)79-73(76)67-64-61-58-55-52-49-46-43-41-38-33-31-29-26-23-20-17-14-11-8-5-2/h7-8,10-11,16-17,19-20,25-26,28-29,32-34,38,43,46,52,55,70H,4-6,9,12-15,18,21-24,27,30-31,35-37,39-42,44-45,47-51,53-54,56-69H2,1-3H3/b10-7-,11-8-,19-16-,20-17-,28-25-,29-26-,34-32-,38-33-,46-43-,55-52-. The van der Waals surface area contributed by atoms with Crippen LogP contribution in [0.3, 0.4) is 0 Å². The molecule has 0 N–H and O–H groups in total. The van der Waals surface area contributed by atoms with Crippen LogP contribution in [0, 0.1) is 0 Å². The van der Waals surface area contributed by atoms with Gasteiger partial charge in [0.05, 0.1) is 0 Å². The molecule has 0 heterocycles. The van der Waals surface area contributed by atoms with E-state index in [-0.39, 0.29) is 37.5 Å². The van der Waals surface area contributed by atoms with Gasteiger partial charge < -0.3 is 14.2 Å². The van der Waals surface area contributed by atoms with Crippen molar-refractivity contribution in [2.75, 3.05) is 13.2 Å². The minimum Gasteiger partial charge on any atom is -0.462 e. The fourth-order valence-corrected chi connectivity index (χ4v) is 9.09. The van der Waals surface area contributed by atoms with Crippen LogP contribution in [0.4, 0.5) is 0 Å². The Morgan fingerprint density at radius 1 is 0.266 bits per heavy atom. The lowest BCUT2D eigenvalue weighted by molar-refractivity contribution is -0.167. The summed E-state index contributed by atoms with van der Waals surface area (Å²) in [6.07, 6.45) is 92.1. The predicted molar refractivity (Wildman–Crippen MR) is 343 cm³/mol. The fraction of sp³-hybridized carbons (Fsp3) is 0.685. The molecule has 1 unspecified atom stereocenters. The number of hydrogen-bond acceptors (Lipinski definition) is 6. The first kappa shape index (κ1) is 74.8. The Morgan fingerprint density at radius 3 is 0.797 bits per heavy atom. The van der Waals surface area contributed by atoms with Crippen LogP contribution in [0.25, 0.3) is 0 Å². The monoisotopic (exact) mass is 1090 g/mol. The van der Waals surface area contributed by atoms with Gasteiger partial charge in [-0.15, -0.1) is 0 Å². The molecule has 0 saturated carbocycles. The maximum absolute atomic E-state index is 12.9. The van der Waals surface area contributed by atoms with Gasteiger partial charge in [-0.1, -0.05) is 296 Å². The zero-order valence-corrected chi connectivity index (χ0v) is 51.6. The summed E-state index contributed by atoms with van der Waals surface area (Å²) in [4.78, 5) is 38.4. The van der Waals surface area contributed by atoms with E-state index in [4.69, 9.17) is 14.2 Å². The Kier molecular flexibility index (Phi) is 62.8. The van der Waals surface area contributed by atoms with Gasteiger partial charge in [-0.2, -0.15) is 0 Å². The summed E-state index contributed by atoms with van der Waals surface area (Å²) in [5, 5.41) is 0. The zero-order chi connectivity index (χ0) is 57.1. The average molecular weight is 1100 g/mol. The molecular weight excluding hydrogens is 973 g/mol. The van der Waals surface area contributed by atoms with Gasteiger partial charge in [0.1, 0.15) is 13.2 Å². The number of ether oxygens (including phenoxy) is 3. The van der Waals surface area contributed by atoms with Crippen LogP contribution < -0.4 is 0 Å². The van der Waals surface area contributed by atoms with Gasteiger partial charge in [0.25, 0.3) is 0 Å². The molecule has 0 amide bonds. The van der Waals surface area contributed by atoms with Gasteiger partial charge in [-0.25, -0.2) is 0 Å². The second-order valence-corrected chi connectivity index (χ2v) is 21.6. The van der Waals surface area contributed by atoms with Crippen molar-refractivity contribution in [1.29, 1.82) is 0 Å². The van der Waals surface area contributed by atoms with Crippen molar-refractivity contribution >= 4 is 17.9 Å². The molecule has 0 aliphatic carbocycles. The van der Waals surface area contributed by atoms with Crippen LogP contribution in [0.1, 0.15) is 303 Å². The lowest BCUT2D eigenvalue weighted by atomic mass is 10.0. The van der Waals surface area contributed by atoms with E-state index in [0.29, 0.717) is 19.3 Å². The first-order valence-electron chi connectivity index (χ1n) is 33.0. The lowest BCUT2D eigenvalue weighted by Crippen LogP contribution is -2.30. The van der Waals surface area contributed by atoms with Crippen molar-refractivity contribution in [2.45, 2.75) is 309 Å². The number of carbonyl (C=O) groups is 3. The number of hydrogen-bond donors (Lipinski definition) is 0. The molecule has 0 spiro atoms. The molecule has 6 heteroatoms. The Labute approximate surface area is 488 Å². The molecule has 79 heavy (non-hydrogen) atoms. The predicted octanol–water partition coefficient (Wildman–Crippen LogP) is 22.8. The van der Waals surface area contributed by atoms with E-state index >= 15 is 0 Å². The molecule has 0 saturated heterocycles. The zero-order valence-electron chi connectivity index (χ0n) is 51.6. The molecule has 450 valence electrons. The van der Waals surface area contributed by atoms with Crippen molar-refractivity contribution in [3.8, 4) is 0 Å². The van der Waals surface area contributed by atoms with Crippen molar-refractivity contribution in [2.24, 2.45) is 0 Å². The normalized spacial score (nSPS) is 12.9. The Balaban J connectivity index is 4.42. The summed E-state index contributed by atoms with van der Waals surface area (Å²) < 4.78 is 16.9. The van der Waals surface area contributed by atoms with E-state index in [1.165, 1.54) is 141 Å². The second-order valence-electron chi connectivity index (χ2n) is 21.6. The van der Waals surface area contributed by atoms with Gasteiger partial charge >= 0.3 is 17.9 Å². The highest BCUT2D eigenvalue weighted by Gasteiger charge is 2.19. The molecule has 0 bridgehead atoms. The summed E-state index contributed by atoms with van der Waals surface area (Å²) in [5.41, 5.74) is 0. The topological polar surface area (TPSA) is 78.9 Å². The quantitative estimate of drug-likeness (QED) is 0.0261. The summed E-state index contributed by atoms with van der Waals surface area (Å²) >= 11 is 0. The molecule has 0 fully saturated rings. The van der Waals surface area contributed by atoms with E-state index in [1.54, 1.807) is 0 Å². The maximum atomic E-state index is 12.9. The maximum Gasteiger partial charge on any atom is 0.306 e. The second kappa shape index (κ2) is 66.3. The number of carbonyl (C=O) groups excluding carboxylic acids is 3. The molecule has 0 rings (SSSR count). The third-order valence-corrected chi connectivity index (χ3v) is 14.0. The average Bonchev–Trinajstić information content (AvgIpc) is 3.45. The first-order chi connectivity index (χ1) is 39.0. The largest absolute Gasteiger partial charge is 0.462 e. The third kappa shape index (κ3) is 64.5. The van der Waals surface area contributed by atoms with Gasteiger partial charge in [-0.3, -0.25) is 14.4 Å². The van der Waals surface area contributed by atoms with Crippen LogP contribution >= 0.6 is 0 Å². The fourth-order valence-electron chi connectivity index (χ4n) is 9.09. The molecule has 0 aromatic heterocycles. The highest BCUT2D eigenvalue weighted by molar-refractivity contribution is 5.71. The number of esters is 3. The minimum absolute atomic E-state index is 0.0954. The lowest BCUT2D eigenvalue weighted by Gasteiger charge is -2.18. The van der Waals surface area contributed by atoms with E-state index in [2.05, 4.69) is 142 Å². The van der Waals surface area contributed by atoms with Crippen molar-refractivity contribution in [1.82, 2.24) is 0 Å². The smallest absolute Gasteiger partial charge is 0.306 e. The van der Waals surface area contributed by atoms with E-state index in [1.807, 2.05) is 0 Å². The van der Waals surface area contributed by atoms with Crippen LogP contribution in [0.5, 0.6) is 0 Å². The van der Waals surface area contributed by atoms with Crippen molar-refractivity contribution in [3.63, 3.8) is 0 Å². The highest BCUT2D eigenvalue weighted by atomic mass is 16.6. The Bertz CT molecular complexity index is 1640. The third-order valence-electron chi connectivity index (χ3n) is 14.0. The summed E-state index contributed by atoms with van der Waals surface area (Å²) in [6, 6.07) is 0. The molecule has 1 atom stereocenters. The molecule has 0 radical (unpaired) electrons. The number of allylic oxidation sites excluding steroid dienone is 20. The van der Waals surface area contributed by atoms with E-state index in [0.717, 1.165) is 116 Å². The van der Waals surface area contributed by atoms with Crippen LogP contribution in [0.15, 0.2) is 122 Å². The number of rotatable bonds is 59. The molecule has 6 nitrogen and oxygen atoms in total. The van der Waals surface area contributed by atoms with Gasteiger partial charge in [0, 0.05) is 19.3 Å². The first-order valence-corrected chi connectivity index (χ1v) is 33.0. The molecule has 0 aromatic rings. The molecule has 0 aliphatic rings. The van der Waals surface area contributed by atoms with Crippen molar-refractivity contribution < 1.29 is 28.6 Å².